The van der Waals surface area contributed by atoms with E-state index in [9.17, 15) is 43.8 Å². The highest BCUT2D eigenvalue weighted by atomic mass is 16.6. The number of hydrogen-bond donors (Lipinski definition) is 4. The van der Waals surface area contributed by atoms with Crippen molar-refractivity contribution in [1.82, 2.24) is 0 Å². The van der Waals surface area contributed by atoms with Gasteiger partial charge in [-0.3, -0.25) is 4.79 Å². The second-order valence-electron chi connectivity index (χ2n) is 7.17. The maximum absolute atomic E-state index is 12.7. The summed E-state index contributed by atoms with van der Waals surface area (Å²) < 4.78 is 14.8. The van der Waals surface area contributed by atoms with E-state index in [0.29, 0.717) is 0 Å². The fourth-order valence-corrected chi connectivity index (χ4v) is 2.85. The Morgan fingerprint density at radius 2 is 1.05 bits per heavy atom. The van der Waals surface area contributed by atoms with E-state index in [1.807, 2.05) is 0 Å². The Hall–Kier alpha value is -5.27. The van der Waals surface area contributed by atoms with Crippen LogP contribution in [0.25, 0.3) is 0 Å². The van der Waals surface area contributed by atoms with E-state index >= 15 is 0 Å². The molecular formula is C23H18O14. The summed E-state index contributed by atoms with van der Waals surface area (Å²) >= 11 is 0. The zero-order valence-electron chi connectivity index (χ0n) is 18.8. The number of benzene rings is 2. The van der Waals surface area contributed by atoms with Crippen LogP contribution in [0.5, 0.6) is 0 Å². The summed E-state index contributed by atoms with van der Waals surface area (Å²) in [5, 5.41) is 36.8. The first-order valence-corrected chi connectivity index (χ1v) is 10.0. The lowest BCUT2D eigenvalue weighted by atomic mass is 10.0. The molecule has 14 heteroatoms. The lowest BCUT2D eigenvalue weighted by Gasteiger charge is -2.19. The third kappa shape index (κ3) is 7.35. The van der Waals surface area contributed by atoms with E-state index in [2.05, 4.69) is 0 Å². The molecule has 0 saturated heterocycles. The Bertz CT molecular complexity index is 1290. The molecule has 0 radical (unpaired) electrons. The minimum atomic E-state index is -1.58. The third-order valence-electron chi connectivity index (χ3n) is 4.58. The fraction of sp³-hybridized carbons (Fsp3) is 0.174. The molecular weight excluding hydrogens is 500 g/mol. The van der Waals surface area contributed by atoms with E-state index < -0.39 is 94.5 Å². The topological polar surface area (TPSA) is 228 Å². The molecule has 4 N–H and O–H groups in total. The molecule has 0 aliphatic rings. The van der Waals surface area contributed by atoms with Gasteiger partial charge in [-0.05, 0) is 36.4 Å². The van der Waals surface area contributed by atoms with Gasteiger partial charge in [0, 0.05) is 6.92 Å². The maximum Gasteiger partial charge on any atom is 0.339 e. The normalized spacial score (nSPS) is 11.1. The third-order valence-corrected chi connectivity index (χ3v) is 4.58. The molecule has 0 bridgehead atoms. The lowest BCUT2D eigenvalue weighted by Crippen LogP contribution is -2.31. The molecule has 0 fully saturated rings. The number of carboxylic acid groups (broad SMARTS) is 4. The van der Waals surface area contributed by atoms with Gasteiger partial charge in [0.1, 0.15) is 13.2 Å². The van der Waals surface area contributed by atoms with E-state index in [1.54, 1.807) is 0 Å². The summed E-state index contributed by atoms with van der Waals surface area (Å²) in [6.07, 6.45) is -1.55. The second-order valence-corrected chi connectivity index (χ2v) is 7.17. The number of ether oxygens (including phenoxy) is 3. The van der Waals surface area contributed by atoms with Crippen LogP contribution in [0.2, 0.25) is 0 Å². The Morgan fingerprint density at radius 3 is 1.46 bits per heavy atom. The Balaban J connectivity index is 2.31. The highest BCUT2D eigenvalue weighted by Gasteiger charge is 2.26. The van der Waals surface area contributed by atoms with Gasteiger partial charge in [0.2, 0.25) is 0 Å². The van der Waals surface area contributed by atoms with Crippen molar-refractivity contribution >= 4 is 41.8 Å². The minimum Gasteiger partial charge on any atom is -0.478 e. The molecule has 0 amide bonds. The summed E-state index contributed by atoms with van der Waals surface area (Å²) in [7, 11) is 0. The zero-order valence-corrected chi connectivity index (χ0v) is 18.8. The molecule has 2 rings (SSSR count). The van der Waals surface area contributed by atoms with Crippen LogP contribution in [0.4, 0.5) is 0 Å². The monoisotopic (exact) mass is 518 g/mol. The Labute approximate surface area is 206 Å². The van der Waals surface area contributed by atoms with Crippen LogP contribution < -0.4 is 0 Å². The second kappa shape index (κ2) is 11.9. The average molecular weight is 518 g/mol. The largest absolute Gasteiger partial charge is 0.478 e. The number of esters is 3. The number of rotatable bonds is 11. The van der Waals surface area contributed by atoms with Gasteiger partial charge in [-0.15, -0.1) is 0 Å². The predicted molar refractivity (Wildman–Crippen MR) is 117 cm³/mol. The number of aromatic carboxylic acids is 4. The summed E-state index contributed by atoms with van der Waals surface area (Å²) in [5.74, 6) is -9.55. The summed E-state index contributed by atoms with van der Waals surface area (Å²) in [4.78, 5) is 81.7. The molecule has 0 heterocycles. The molecule has 194 valence electrons. The molecule has 1 unspecified atom stereocenters. The van der Waals surface area contributed by atoms with Gasteiger partial charge < -0.3 is 34.6 Å². The first kappa shape index (κ1) is 28.0. The van der Waals surface area contributed by atoms with Crippen LogP contribution in [-0.2, 0) is 19.0 Å². The van der Waals surface area contributed by atoms with Crippen molar-refractivity contribution in [2.45, 2.75) is 13.0 Å². The minimum absolute atomic E-state index is 0.417. The van der Waals surface area contributed by atoms with Gasteiger partial charge in [0.05, 0.1) is 33.4 Å². The predicted octanol–water partition coefficient (Wildman–Crippen LogP) is 1.42. The number of carbonyl (C=O) groups excluding carboxylic acids is 3. The molecule has 37 heavy (non-hydrogen) atoms. The van der Waals surface area contributed by atoms with Gasteiger partial charge >= 0.3 is 41.8 Å². The molecule has 0 saturated carbocycles. The molecule has 0 aromatic heterocycles. The van der Waals surface area contributed by atoms with E-state index in [-0.39, 0.29) is 0 Å². The van der Waals surface area contributed by atoms with Gasteiger partial charge in [-0.25, -0.2) is 28.8 Å². The van der Waals surface area contributed by atoms with Crippen LogP contribution in [0.3, 0.4) is 0 Å². The number of hydrogen-bond acceptors (Lipinski definition) is 10. The first-order valence-electron chi connectivity index (χ1n) is 10.0. The molecule has 2 aromatic rings. The number of carboxylic acids is 4. The van der Waals surface area contributed by atoms with Crippen molar-refractivity contribution < 1.29 is 68.2 Å². The van der Waals surface area contributed by atoms with Crippen molar-refractivity contribution in [2.75, 3.05) is 13.2 Å². The van der Waals surface area contributed by atoms with Crippen LogP contribution in [-0.4, -0.2) is 81.5 Å². The van der Waals surface area contributed by atoms with Crippen molar-refractivity contribution in [3.05, 3.63) is 69.8 Å². The highest BCUT2D eigenvalue weighted by molar-refractivity contribution is 6.05. The summed E-state index contributed by atoms with van der Waals surface area (Å²) in [5.41, 5.74) is -3.32. The van der Waals surface area contributed by atoms with E-state index in [4.69, 9.17) is 24.4 Å². The van der Waals surface area contributed by atoms with Crippen LogP contribution >= 0.6 is 0 Å². The maximum atomic E-state index is 12.7. The van der Waals surface area contributed by atoms with E-state index in [1.165, 1.54) is 0 Å². The molecule has 0 spiro atoms. The Kier molecular flexibility index (Phi) is 9.01. The fourth-order valence-electron chi connectivity index (χ4n) is 2.85. The lowest BCUT2D eigenvalue weighted by molar-refractivity contribution is -0.144. The SMILES string of the molecule is CC(=O)OCC(COC(=O)c1cc(C(=O)O)ccc1C(=O)O)OC(=O)c1cc(C(=O)O)ccc1C(=O)O. The van der Waals surface area contributed by atoms with Crippen LogP contribution in [0.15, 0.2) is 36.4 Å². The smallest absolute Gasteiger partial charge is 0.339 e. The molecule has 0 aliphatic carbocycles. The quantitative estimate of drug-likeness (QED) is 0.244. The van der Waals surface area contributed by atoms with E-state index in [0.717, 1.165) is 43.3 Å². The van der Waals surface area contributed by atoms with Crippen molar-refractivity contribution in [2.24, 2.45) is 0 Å². The standard InChI is InChI=1S/C23H18O14/c1-10(24)35-8-13(37-23(34)17-7-12(19(27)28)3-5-15(17)21(31)32)9-36-22(33)16-6-11(18(25)26)2-4-14(16)20(29)30/h2-7,13H,8-9H2,1H3,(H,25,26)(H,27,28)(H,29,30)(H,31,32). The van der Waals surface area contributed by atoms with Crippen LogP contribution in [0.1, 0.15) is 69.1 Å². The number of carbonyl (C=O) groups is 7. The van der Waals surface area contributed by atoms with Gasteiger partial charge in [0.25, 0.3) is 0 Å². The first-order chi connectivity index (χ1) is 17.3. The molecule has 0 aliphatic heterocycles. The van der Waals surface area contributed by atoms with Gasteiger partial charge in [0.15, 0.2) is 6.10 Å². The zero-order chi connectivity index (χ0) is 27.9. The van der Waals surface area contributed by atoms with Gasteiger partial charge in [-0.2, -0.15) is 0 Å². The summed E-state index contributed by atoms with van der Waals surface area (Å²) in [6, 6.07) is 5.16. The van der Waals surface area contributed by atoms with Gasteiger partial charge in [-0.1, -0.05) is 0 Å². The van der Waals surface area contributed by atoms with Crippen molar-refractivity contribution in [3.63, 3.8) is 0 Å². The Morgan fingerprint density at radius 1 is 0.622 bits per heavy atom. The van der Waals surface area contributed by atoms with Crippen LogP contribution in [0, 0.1) is 0 Å². The molecule has 14 nitrogen and oxygen atoms in total. The summed E-state index contributed by atoms with van der Waals surface area (Å²) in [6.45, 7) is -0.508. The molecule has 2 aromatic carbocycles. The van der Waals surface area contributed by atoms with Crippen molar-refractivity contribution in [1.29, 1.82) is 0 Å². The average Bonchev–Trinajstić information content (AvgIpc) is 2.84. The molecule has 1 atom stereocenters. The van der Waals surface area contributed by atoms with Crippen molar-refractivity contribution in [3.8, 4) is 0 Å². The highest BCUT2D eigenvalue weighted by Crippen LogP contribution is 2.17.